The van der Waals surface area contributed by atoms with Gasteiger partial charge in [0.15, 0.2) is 0 Å². The number of piperidine rings is 2. The first-order valence-electron chi connectivity index (χ1n) is 11.3. The molecule has 1 aliphatic carbocycles. The number of rotatable bonds is 5. The summed E-state index contributed by atoms with van der Waals surface area (Å²) < 4.78 is 33.2. The van der Waals surface area contributed by atoms with E-state index in [9.17, 15) is 13.2 Å². The predicted octanol–water partition coefficient (Wildman–Crippen LogP) is 3.75. The van der Waals surface area contributed by atoms with Crippen molar-refractivity contribution in [3.63, 3.8) is 0 Å². The van der Waals surface area contributed by atoms with Crippen LogP contribution in [0.2, 0.25) is 0 Å². The molecule has 168 valence electrons. The number of sulfonamides is 1. The highest BCUT2D eigenvalue weighted by Gasteiger charge is 2.38. The van der Waals surface area contributed by atoms with Crippen molar-refractivity contribution in [3.8, 4) is 5.75 Å². The molecule has 3 aliphatic rings. The maximum atomic E-state index is 13.6. The Morgan fingerprint density at radius 1 is 1.13 bits per heavy atom. The molecule has 31 heavy (non-hydrogen) atoms. The third-order valence-electron chi connectivity index (χ3n) is 6.67. The summed E-state index contributed by atoms with van der Waals surface area (Å²) in [5.41, 5.74) is 1.34. The van der Waals surface area contributed by atoms with Crippen molar-refractivity contribution in [2.75, 3.05) is 26.7 Å². The first-order chi connectivity index (χ1) is 15.0. The van der Waals surface area contributed by atoms with Crippen molar-refractivity contribution in [2.45, 2.75) is 55.9 Å². The Hall–Kier alpha value is -2.12. The number of methoxy groups -OCH3 is 1. The molecule has 0 N–H and O–H groups in total. The van der Waals surface area contributed by atoms with Gasteiger partial charge in [-0.05, 0) is 62.7 Å². The van der Waals surface area contributed by atoms with E-state index >= 15 is 0 Å². The highest BCUT2D eigenvalue weighted by atomic mass is 32.2. The van der Waals surface area contributed by atoms with Gasteiger partial charge in [0.25, 0.3) is 0 Å². The van der Waals surface area contributed by atoms with E-state index in [-0.39, 0.29) is 29.3 Å². The second kappa shape index (κ2) is 9.57. The summed E-state index contributed by atoms with van der Waals surface area (Å²) in [6, 6.07) is 6.71. The van der Waals surface area contributed by atoms with E-state index in [0.717, 1.165) is 45.1 Å². The van der Waals surface area contributed by atoms with Crippen molar-refractivity contribution in [1.82, 2.24) is 9.21 Å². The molecule has 1 aromatic rings. The molecular formula is C24H32N2O4S. The van der Waals surface area contributed by atoms with Gasteiger partial charge in [0.1, 0.15) is 5.75 Å². The summed E-state index contributed by atoms with van der Waals surface area (Å²) in [7, 11) is -2.14. The molecular weight excluding hydrogens is 412 g/mol. The lowest BCUT2D eigenvalue weighted by atomic mass is 9.88. The van der Waals surface area contributed by atoms with Crippen LogP contribution < -0.4 is 4.74 Å². The molecule has 7 heteroatoms. The Kier molecular flexibility index (Phi) is 6.82. The minimum atomic E-state index is -3.66. The second-order valence-electron chi connectivity index (χ2n) is 8.63. The fourth-order valence-corrected chi connectivity index (χ4v) is 6.55. The van der Waals surface area contributed by atoms with Crippen molar-refractivity contribution in [1.29, 1.82) is 0 Å². The number of hydrogen-bond acceptors (Lipinski definition) is 4. The number of nitrogens with zero attached hydrogens (tertiary/aromatic N) is 2. The van der Waals surface area contributed by atoms with Gasteiger partial charge < -0.3 is 9.64 Å². The fraction of sp³-hybridized carbons (Fsp3) is 0.542. The molecule has 0 radical (unpaired) electrons. The van der Waals surface area contributed by atoms with E-state index in [0.29, 0.717) is 18.7 Å². The van der Waals surface area contributed by atoms with E-state index in [1.807, 2.05) is 4.90 Å². The number of carbonyl (C=O) groups excluding carboxylic acids is 1. The largest absolute Gasteiger partial charge is 0.497 e. The SMILES string of the molecule is COc1cccc(S(=O)(=O)N2CCCC(C(=O)N3CCCCC3C3=CC=CCC3)C2)c1. The van der Waals surface area contributed by atoms with Crippen molar-refractivity contribution < 1.29 is 17.9 Å². The third-order valence-corrected chi connectivity index (χ3v) is 8.53. The van der Waals surface area contributed by atoms with Crippen LogP contribution in [0.1, 0.15) is 44.9 Å². The first kappa shape index (κ1) is 22.1. The molecule has 1 aromatic carbocycles. The van der Waals surface area contributed by atoms with Gasteiger partial charge in [-0.1, -0.05) is 24.3 Å². The topological polar surface area (TPSA) is 66.9 Å². The van der Waals surface area contributed by atoms with E-state index in [1.165, 1.54) is 17.0 Å². The highest BCUT2D eigenvalue weighted by molar-refractivity contribution is 7.89. The van der Waals surface area contributed by atoms with Crippen LogP contribution in [-0.2, 0) is 14.8 Å². The zero-order chi connectivity index (χ0) is 21.8. The molecule has 0 spiro atoms. The maximum absolute atomic E-state index is 13.6. The van der Waals surface area contributed by atoms with Crippen LogP contribution in [-0.4, -0.2) is 56.3 Å². The van der Waals surface area contributed by atoms with Gasteiger partial charge in [-0.2, -0.15) is 4.31 Å². The average Bonchev–Trinajstić information content (AvgIpc) is 2.84. The van der Waals surface area contributed by atoms with Crippen LogP contribution in [0.15, 0.2) is 53.0 Å². The highest BCUT2D eigenvalue weighted by Crippen LogP contribution is 2.32. The van der Waals surface area contributed by atoms with Crippen LogP contribution >= 0.6 is 0 Å². The smallest absolute Gasteiger partial charge is 0.243 e. The lowest BCUT2D eigenvalue weighted by Gasteiger charge is -2.41. The van der Waals surface area contributed by atoms with E-state index < -0.39 is 10.0 Å². The zero-order valence-electron chi connectivity index (χ0n) is 18.2. The molecule has 4 rings (SSSR count). The minimum absolute atomic E-state index is 0.116. The van der Waals surface area contributed by atoms with Crippen molar-refractivity contribution in [3.05, 3.63) is 48.1 Å². The standard InChI is InChI=1S/C24H32N2O4S/c1-30-21-12-7-13-22(17-21)31(28,29)25-15-8-11-20(18-25)24(27)26-16-6-5-14-23(26)19-9-3-2-4-10-19/h2-3,7,9,12-13,17,20,23H,4-6,8,10-11,14-16,18H2,1H3. The molecule has 2 atom stereocenters. The van der Waals surface area contributed by atoms with Gasteiger partial charge in [0.2, 0.25) is 15.9 Å². The molecule has 2 fully saturated rings. The lowest BCUT2D eigenvalue weighted by Crippen LogP contribution is -2.51. The quantitative estimate of drug-likeness (QED) is 0.694. The van der Waals surface area contributed by atoms with Gasteiger partial charge in [0, 0.05) is 25.7 Å². The van der Waals surface area contributed by atoms with Crippen LogP contribution in [0, 0.1) is 5.92 Å². The molecule has 0 aromatic heterocycles. The van der Waals surface area contributed by atoms with E-state index in [4.69, 9.17) is 4.74 Å². The molecule has 2 saturated heterocycles. The second-order valence-corrected chi connectivity index (χ2v) is 10.6. The van der Waals surface area contributed by atoms with Crippen LogP contribution in [0.4, 0.5) is 0 Å². The van der Waals surface area contributed by atoms with Gasteiger partial charge in [0.05, 0.1) is 24.0 Å². The Morgan fingerprint density at radius 2 is 2.00 bits per heavy atom. The van der Waals surface area contributed by atoms with E-state index in [2.05, 4.69) is 18.2 Å². The Labute approximate surface area is 185 Å². The van der Waals surface area contributed by atoms with Crippen molar-refractivity contribution >= 4 is 15.9 Å². The summed E-state index contributed by atoms with van der Waals surface area (Å²) in [6.07, 6.45) is 13.1. The molecule has 1 amide bonds. The number of allylic oxidation sites excluding steroid dienone is 3. The van der Waals surface area contributed by atoms with Gasteiger partial charge >= 0.3 is 0 Å². The molecule has 2 aliphatic heterocycles. The van der Waals surface area contributed by atoms with Gasteiger partial charge in [-0.25, -0.2) is 8.42 Å². The Balaban J connectivity index is 1.51. The first-order valence-corrected chi connectivity index (χ1v) is 12.7. The number of ether oxygens (including phenoxy) is 1. The zero-order valence-corrected chi connectivity index (χ0v) is 19.0. The molecule has 6 nitrogen and oxygen atoms in total. The molecule has 2 unspecified atom stereocenters. The molecule has 2 heterocycles. The van der Waals surface area contributed by atoms with Crippen LogP contribution in [0.3, 0.4) is 0 Å². The summed E-state index contributed by atoms with van der Waals surface area (Å²) >= 11 is 0. The summed E-state index contributed by atoms with van der Waals surface area (Å²) in [6.45, 7) is 1.47. The normalized spacial score (nSPS) is 25.2. The van der Waals surface area contributed by atoms with Crippen LogP contribution in [0.25, 0.3) is 0 Å². The summed E-state index contributed by atoms with van der Waals surface area (Å²) in [4.78, 5) is 15.8. The molecule has 0 saturated carbocycles. The monoisotopic (exact) mass is 444 g/mol. The van der Waals surface area contributed by atoms with Gasteiger partial charge in [-0.3, -0.25) is 4.79 Å². The maximum Gasteiger partial charge on any atom is 0.243 e. The lowest BCUT2D eigenvalue weighted by molar-refractivity contribution is -0.139. The summed E-state index contributed by atoms with van der Waals surface area (Å²) in [5.74, 6) is 0.344. The number of amides is 1. The number of hydrogen-bond donors (Lipinski definition) is 0. The van der Waals surface area contributed by atoms with Crippen LogP contribution in [0.5, 0.6) is 5.75 Å². The third kappa shape index (κ3) is 4.72. The number of benzene rings is 1. The number of likely N-dealkylation sites (tertiary alicyclic amines) is 1. The fourth-order valence-electron chi connectivity index (χ4n) is 4.99. The Morgan fingerprint density at radius 3 is 2.77 bits per heavy atom. The van der Waals surface area contributed by atoms with E-state index in [1.54, 1.807) is 24.3 Å². The Bertz CT molecular complexity index is 970. The van der Waals surface area contributed by atoms with Crippen molar-refractivity contribution in [2.24, 2.45) is 5.92 Å². The summed E-state index contributed by atoms with van der Waals surface area (Å²) in [5, 5.41) is 0. The minimum Gasteiger partial charge on any atom is -0.497 e. The predicted molar refractivity (Wildman–Crippen MR) is 120 cm³/mol. The average molecular weight is 445 g/mol. The molecule has 0 bridgehead atoms. The number of carbonyl (C=O) groups is 1. The van der Waals surface area contributed by atoms with Gasteiger partial charge in [-0.15, -0.1) is 0 Å².